The number of aromatic amines is 1. The highest BCUT2D eigenvalue weighted by atomic mass is 15.0. The van der Waals surface area contributed by atoms with Gasteiger partial charge in [-0.25, -0.2) is 15.0 Å². The number of rotatable bonds is 3. The molecule has 0 radical (unpaired) electrons. The quantitative estimate of drug-likeness (QED) is 0.807. The molecule has 2 heterocycles. The van der Waals surface area contributed by atoms with Crippen molar-refractivity contribution in [1.29, 1.82) is 0 Å². The van der Waals surface area contributed by atoms with Crippen LogP contribution >= 0.6 is 0 Å². The van der Waals surface area contributed by atoms with Crippen molar-refractivity contribution in [3.8, 4) is 0 Å². The third-order valence-corrected chi connectivity index (χ3v) is 2.52. The lowest BCUT2D eigenvalue weighted by Gasteiger charge is -2.06. The molecular weight excluding hydrogens is 176 g/mol. The first-order chi connectivity index (χ1) is 6.85. The zero-order chi connectivity index (χ0) is 9.97. The highest BCUT2D eigenvalue weighted by Gasteiger charge is 2.12. The summed E-state index contributed by atoms with van der Waals surface area (Å²) in [6.45, 7) is 4.34. The number of nitrogens with one attached hydrogen (secondary N) is 1. The fraction of sp³-hybridized carbons (Fsp3) is 0.500. The van der Waals surface area contributed by atoms with E-state index in [0.717, 1.165) is 30.0 Å². The first kappa shape index (κ1) is 9.12. The van der Waals surface area contributed by atoms with E-state index in [0.29, 0.717) is 5.92 Å². The monoisotopic (exact) mass is 190 g/mol. The van der Waals surface area contributed by atoms with Crippen LogP contribution in [0.4, 0.5) is 0 Å². The van der Waals surface area contributed by atoms with Gasteiger partial charge >= 0.3 is 0 Å². The lowest BCUT2D eigenvalue weighted by molar-refractivity contribution is 0.610. The molecule has 2 aromatic rings. The van der Waals surface area contributed by atoms with Gasteiger partial charge in [0.15, 0.2) is 11.3 Å². The molecule has 2 aromatic heterocycles. The maximum Gasteiger partial charge on any atom is 0.197 e. The van der Waals surface area contributed by atoms with E-state index < -0.39 is 0 Å². The van der Waals surface area contributed by atoms with Gasteiger partial charge in [-0.05, 0) is 12.8 Å². The summed E-state index contributed by atoms with van der Waals surface area (Å²) in [6, 6.07) is 0. The van der Waals surface area contributed by atoms with Crippen LogP contribution in [0.15, 0.2) is 12.4 Å². The second kappa shape index (κ2) is 3.74. The van der Waals surface area contributed by atoms with Crippen molar-refractivity contribution in [2.24, 2.45) is 0 Å². The van der Waals surface area contributed by atoms with Gasteiger partial charge in [-0.1, -0.05) is 13.8 Å². The molecule has 0 saturated carbocycles. The summed E-state index contributed by atoms with van der Waals surface area (Å²) in [5, 5.41) is 0. The van der Waals surface area contributed by atoms with Gasteiger partial charge in [0, 0.05) is 18.3 Å². The van der Waals surface area contributed by atoms with E-state index in [-0.39, 0.29) is 0 Å². The van der Waals surface area contributed by atoms with E-state index in [2.05, 4.69) is 33.8 Å². The molecule has 0 saturated heterocycles. The SMILES string of the molecule is CCC(CC)c1nc2nccnc2[nH]1. The van der Waals surface area contributed by atoms with Crippen molar-refractivity contribution < 1.29 is 0 Å². The standard InChI is InChI=1S/C10H14N4/c1-3-7(4-2)8-13-9-10(14-8)12-6-5-11-9/h5-7H,3-4H2,1-2H3,(H,11,12,13,14). The zero-order valence-corrected chi connectivity index (χ0v) is 8.49. The molecule has 4 nitrogen and oxygen atoms in total. The summed E-state index contributed by atoms with van der Waals surface area (Å²) in [5.74, 6) is 1.50. The van der Waals surface area contributed by atoms with Gasteiger partial charge in [0.05, 0.1) is 0 Å². The van der Waals surface area contributed by atoms with Crippen LogP contribution in [0.1, 0.15) is 38.4 Å². The molecule has 0 aliphatic carbocycles. The third kappa shape index (κ3) is 1.47. The summed E-state index contributed by atoms with van der Waals surface area (Å²) in [4.78, 5) is 16.0. The number of nitrogens with zero attached hydrogens (tertiary/aromatic N) is 3. The number of imidazole rings is 1. The smallest absolute Gasteiger partial charge is 0.197 e. The number of aromatic nitrogens is 4. The summed E-state index contributed by atoms with van der Waals surface area (Å²) in [5.41, 5.74) is 1.50. The molecule has 74 valence electrons. The number of fused-ring (bicyclic) bond motifs is 1. The topological polar surface area (TPSA) is 54.5 Å². The molecule has 14 heavy (non-hydrogen) atoms. The van der Waals surface area contributed by atoms with Crippen molar-refractivity contribution in [3.63, 3.8) is 0 Å². The molecule has 0 spiro atoms. The molecule has 0 bridgehead atoms. The molecule has 0 fully saturated rings. The first-order valence-corrected chi connectivity index (χ1v) is 5.01. The Kier molecular flexibility index (Phi) is 2.43. The van der Waals surface area contributed by atoms with Crippen LogP contribution in [0.2, 0.25) is 0 Å². The van der Waals surface area contributed by atoms with E-state index in [1.54, 1.807) is 12.4 Å². The Balaban J connectivity index is 2.43. The molecule has 2 rings (SSSR count). The van der Waals surface area contributed by atoms with Gasteiger partial charge in [0.2, 0.25) is 0 Å². The fourth-order valence-electron chi connectivity index (χ4n) is 1.63. The molecule has 0 amide bonds. The maximum absolute atomic E-state index is 4.43. The normalized spacial score (nSPS) is 11.4. The van der Waals surface area contributed by atoms with E-state index in [9.17, 15) is 0 Å². The van der Waals surface area contributed by atoms with Gasteiger partial charge in [-0.15, -0.1) is 0 Å². The van der Waals surface area contributed by atoms with Crippen molar-refractivity contribution in [2.75, 3.05) is 0 Å². The van der Waals surface area contributed by atoms with E-state index >= 15 is 0 Å². The van der Waals surface area contributed by atoms with Crippen LogP contribution in [-0.4, -0.2) is 19.9 Å². The lowest BCUT2D eigenvalue weighted by Crippen LogP contribution is -1.97. The predicted molar refractivity (Wildman–Crippen MR) is 55.0 cm³/mol. The fourth-order valence-corrected chi connectivity index (χ4v) is 1.63. The van der Waals surface area contributed by atoms with Crippen LogP contribution in [0.3, 0.4) is 0 Å². The Morgan fingerprint density at radius 1 is 1.21 bits per heavy atom. The molecule has 4 heteroatoms. The Labute approximate surface area is 82.8 Å². The van der Waals surface area contributed by atoms with Gasteiger partial charge in [-0.2, -0.15) is 0 Å². The van der Waals surface area contributed by atoms with Crippen LogP contribution < -0.4 is 0 Å². The van der Waals surface area contributed by atoms with Gasteiger partial charge in [0.25, 0.3) is 0 Å². The number of H-pyrrole nitrogens is 1. The minimum atomic E-state index is 0.492. The molecule has 0 aliphatic heterocycles. The number of hydrogen-bond donors (Lipinski definition) is 1. The first-order valence-electron chi connectivity index (χ1n) is 5.01. The predicted octanol–water partition coefficient (Wildman–Crippen LogP) is 2.26. The Hall–Kier alpha value is -1.45. The van der Waals surface area contributed by atoms with Crippen molar-refractivity contribution >= 4 is 11.3 Å². The van der Waals surface area contributed by atoms with Crippen molar-refractivity contribution in [1.82, 2.24) is 19.9 Å². The van der Waals surface area contributed by atoms with Gasteiger partial charge < -0.3 is 4.98 Å². The van der Waals surface area contributed by atoms with Gasteiger partial charge in [-0.3, -0.25) is 0 Å². The van der Waals surface area contributed by atoms with Crippen LogP contribution in [-0.2, 0) is 0 Å². The van der Waals surface area contributed by atoms with Crippen molar-refractivity contribution in [3.05, 3.63) is 18.2 Å². The molecule has 0 atom stereocenters. The van der Waals surface area contributed by atoms with E-state index in [1.165, 1.54) is 0 Å². The average molecular weight is 190 g/mol. The molecule has 0 aliphatic rings. The molecular formula is C10H14N4. The Morgan fingerprint density at radius 2 is 1.93 bits per heavy atom. The maximum atomic E-state index is 4.43. The summed E-state index contributed by atoms with van der Waals surface area (Å²) in [7, 11) is 0. The number of hydrogen-bond acceptors (Lipinski definition) is 3. The molecule has 0 unspecified atom stereocenters. The van der Waals surface area contributed by atoms with Crippen LogP contribution in [0, 0.1) is 0 Å². The minimum Gasteiger partial charge on any atom is -0.325 e. The highest BCUT2D eigenvalue weighted by molar-refractivity contribution is 5.64. The van der Waals surface area contributed by atoms with Crippen molar-refractivity contribution in [2.45, 2.75) is 32.6 Å². The van der Waals surface area contributed by atoms with E-state index in [4.69, 9.17) is 0 Å². The summed E-state index contributed by atoms with van der Waals surface area (Å²) >= 11 is 0. The second-order valence-corrected chi connectivity index (χ2v) is 3.36. The van der Waals surface area contributed by atoms with E-state index in [1.807, 2.05) is 0 Å². The lowest BCUT2D eigenvalue weighted by atomic mass is 10.0. The summed E-state index contributed by atoms with van der Waals surface area (Å²) in [6.07, 6.45) is 5.53. The Morgan fingerprint density at radius 3 is 2.57 bits per heavy atom. The van der Waals surface area contributed by atoms with Crippen LogP contribution in [0.25, 0.3) is 11.3 Å². The zero-order valence-electron chi connectivity index (χ0n) is 8.49. The molecule has 0 aromatic carbocycles. The third-order valence-electron chi connectivity index (χ3n) is 2.52. The second-order valence-electron chi connectivity index (χ2n) is 3.36. The Bertz CT molecular complexity index is 384. The minimum absolute atomic E-state index is 0.492. The van der Waals surface area contributed by atoms with Crippen LogP contribution in [0.5, 0.6) is 0 Å². The average Bonchev–Trinajstić information content (AvgIpc) is 2.63. The highest BCUT2D eigenvalue weighted by Crippen LogP contribution is 2.21. The molecule has 1 N–H and O–H groups in total. The van der Waals surface area contributed by atoms with Gasteiger partial charge in [0.1, 0.15) is 5.82 Å². The largest absolute Gasteiger partial charge is 0.325 e. The summed E-state index contributed by atoms with van der Waals surface area (Å²) < 4.78 is 0.